The Morgan fingerprint density at radius 2 is 1.90 bits per heavy atom. The Morgan fingerprint density at radius 1 is 1.40 bits per heavy atom. The smallest absolute Gasteiger partial charge is 0.248 e. The van der Waals surface area contributed by atoms with Gasteiger partial charge in [0.15, 0.2) is 4.90 Å². The third-order valence-electron chi connectivity index (χ3n) is 2.52. The number of likely N-dealkylation sites (N-methyl/N-ethyl adjacent to an activating group) is 1. The van der Waals surface area contributed by atoms with Crippen LogP contribution in [0.15, 0.2) is 17.0 Å². The second-order valence-corrected chi connectivity index (χ2v) is 6.19. The quantitative estimate of drug-likeness (QED) is 0.731. The molecule has 0 aromatic heterocycles. The number of nitrogens with zero attached hydrogens (tertiary/aromatic N) is 1. The summed E-state index contributed by atoms with van der Waals surface area (Å²) in [6.07, 6.45) is -1.11. The molecule has 0 amide bonds. The van der Waals surface area contributed by atoms with Gasteiger partial charge in [-0.05, 0) is 12.1 Å². The fourth-order valence-corrected chi connectivity index (χ4v) is 2.91. The van der Waals surface area contributed by atoms with E-state index in [0.717, 1.165) is 19.2 Å². The highest BCUT2D eigenvalue weighted by molar-refractivity contribution is 7.89. The molecule has 0 heterocycles. The number of halogens is 2. The summed E-state index contributed by atoms with van der Waals surface area (Å²) in [4.78, 5) is -1.10. The molecule has 1 aromatic rings. The lowest BCUT2D eigenvalue weighted by atomic mass is 10.3. The Balaban J connectivity index is 3.11. The SMILES string of the molecule is COCC(O)CN(C)S(=O)(=O)c1c(F)cc(N)cc1F. The monoisotopic (exact) mass is 310 g/mol. The lowest BCUT2D eigenvalue weighted by Crippen LogP contribution is -2.37. The number of nitrogens with two attached hydrogens (primary N) is 1. The predicted molar refractivity (Wildman–Crippen MR) is 68.5 cm³/mol. The van der Waals surface area contributed by atoms with E-state index < -0.39 is 32.7 Å². The predicted octanol–water partition coefficient (Wildman–Crippen LogP) is 0.175. The number of ether oxygens (including phenoxy) is 1. The number of rotatable bonds is 6. The van der Waals surface area contributed by atoms with Gasteiger partial charge in [0.1, 0.15) is 11.6 Å². The van der Waals surface area contributed by atoms with Crippen LogP contribution in [0.2, 0.25) is 0 Å². The Morgan fingerprint density at radius 3 is 2.35 bits per heavy atom. The van der Waals surface area contributed by atoms with Crippen LogP contribution in [0.5, 0.6) is 0 Å². The minimum atomic E-state index is -4.42. The average molecular weight is 310 g/mol. The van der Waals surface area contributed by atoms with E-state index in [-0.39, 0.29) is 18.8 Å². The van der Waals surface area contributed by atoms with Crippen LogP contribution in [0.1, 0.15) is 0 Å². The molecule has 1 unspecified atom stereocenters. The molecule has 20 heavy (non-hydrogen) atoms. The highest BCUT2D eigenvalue weighted by atomic mass is 32.2. The first kappa shape index (κ1) is 16.8. The summed E-state index contributed by atoms with van der Waals surface area (Å²) < 4.78 is 56.7. The normalized spacial score (nSPS) is 13.7. The second-order valence-electron chi connectivity index (χ2n) is 4.21. The van der Waals surface area contributed by atoms with Crippen molar-refractivity contribution >= 4 is 15.7 Å². The van der Waals surface area contributed by atoms with Crippen molar-refractivity contribution in [1.29, 1.82) is 0 Å². The molecule has 9 heteroatoms. The van der Waals surface area contributed by atoms with Crippen LogP contribution in [0.25, 0.3) is 0 Å². The molecule has 6 nitrogen and oxygen atoms in total. The second kappa shape index (κ2) is 6.44. The van der Waals surface area contributed by atoms with Gasteiger partial charge in [0.05, 0.1) is 12.7 Å². The van der Waals surface area contributed by atoms with Crippen molar-refractivity contribution < 1.29 is 27.0 Å². The van der Waals surface area contributed by atoms with Gasteiger partial charge in [0.2, 0.25) is 10.0 Å². The van der Waals surface area contributed by atoms with Gasteiger partial charge in [-0.3, -0.25) is 0 Å². The molecule has 0 aliphatic rings. The number of benzene rings is 1. The number of anilines is 1. The minimum absolute atomic E-state index is 0.105. The van der Waals surface area contributed by atoms with E-state index in [1.54, 1.807) is 0 Å². The van der Waals surface area contributed by atoms with Crippen LogP contribution in [0.3, 0.4) is 0 Å². The molecule has 0 saturated heterocycles. The van der Waals surface area contributed by atoms with Crippen molar-refractivity contribution in [3.8, 4) is 0 Å². The first-order valence-corrected chi connectivity index (χ1v) is 7.02. The molecule has 0 fully saturated rings. The third kappa shape index (κ3) is 3.63. The van der Waals surface area contributed by atoms with Crippen molar-refractivity contribution in [3.05, 3.63) is 23.8 Å². The molecule has 0 aliphatic heterocycles. The van der Waals surface area contributed by atoms with E-state index in [1.165, 1.54) is 7.11 Å². The zero-order valence-corrected chi connectivity index (χ0v) is 11.8. The Hall–Kier alpha value is -1.29. The number of methoxy groups -OCH3 is 1. The molecule has 1 aromatic carbocycles. The van der Waals surface area contributed by atoms with E-state index >= 15 is 0 Å². The first-order valence-electron chi connectivity index (χ1n) is 5.58. The zero-order valence-electron chi connectivity index (χ0n) is 11.0. The molecule has 3 N–H and O–H groups in total. The number of nitrogen functional groups attached to an aromatic ring is 1. The van der Waals surface area contributed by atoms with E-state index in [0.29, 0.717) is 4.31 Å². The molecule has 0 aliphatic carbocycles. The number of aliphatic hydroxyl groups excluding tert-OH is 1. The van der Waals surface area contributed by atoms with Crippen LogP contribution in [-0.4, -0.2) is 51.2 Å². The topological polar surface area (TPSA) is 92.9 Å². The summed E-state index contributed by atoms with van der Waals surface area (Å²) in [5.41, 5.74) is 5.00. The summed E-state index contributed by atoms with van der Waals surface area (Å²) in [6.45, 7) is -0.466. The molecular weight excluding hydrogens is 294 g/mol. The maximum Gasteiger partial charge on any atom is 0.248 e. The average Bonchev–Trinajstić information content (AvgIpc) is 2.26. The molecule has 114 valence electrons. The van der Waals surface area contributed by atoms with Crippen LogP contribution in [0, 0.1) is 11.6 Å². The van der Waals surface area contributed by atoms with Gasteiger partial charge in [-0.2, -0.15) is 4.31 Å². The highest BCUT2D eigenvalue weighted by Gasteiger charge is 2.30. The number of aliphatic hydroxyl groups is 1. The van der Waals surface area contributed by atoms with E-state index in [9.17, 15) is 22.3 Å². The fourth-order valence-electron chi connectivity index (χ4n) is 1.62. The van der Waals surface area contributed by atoms with Gasteiger partial charge in [0.25, 0.3) is 0 Å². The van der Waals surface area contributed by atoms with E-state index in [1.807, 2.05) is 0 Å². The van der Waals surface area contributed by atoms with Crippen molar-refractivity contribution in [2.75, 3.05) is 33.0 Å². The van der Waals surface area contributed by atoms with Crippen LogP contribution < -0.4 is 5.73 Å². The Labute approximate surface area is 115 Å². The molecule has 0 spiro atoms. The Kier molecular flexibility index (Phi) is 5.40. The van der Waals surface area contributed by atoms with Crippen molar-refractivity contribution in [3.63, 3.8) is 0 Å². The molecule has 0 saturated carbocycles. The van der Waals surface area contributed by atoms with E-state index in [2.05, 4.69) is 4.74 Å². The molecular formula is C11H16F2N2O4S. The summed E-state index contributed by atoms with van der Waals surface area (Å²) in [6, 6.07) is 1.44. The maximum atomic E-state index is 13.6. The zero-order chi connectivity index (χ0) is 15.5. The van der Waals surface area contributed by atoms with Crippen LogP contribution in [0.4, 0.5) is 14.5 Å². The lowest BCUT2D eigenvalue weighted by Gasteiger charge is -2.20. The van der Waals surface area contributed by atoms with Crippen molar-refractivity contribution in [2.24, 2.45) is 0 Å². The number of hydrogen-bond donors (Lipinski definition) is 2. The summed E-state index contributed by atoms with van der Waals surface area (Å²) in [5.74, 6) is -2.56. The maximum absolute atomic E-state index is 13.6. The minimum Gasteiger partial charge on any atom is -0.399 e. The highest BCUT2D eigenvalue weighted by Crippen LogP contribution is 2.24. The van der Waals surface area contributed by atoms with Gasteiger partial charge >= 0.3 is 0 Å². The molecule has 1 rings (SSSR count). The summed E-state index contributed by atoms with van der Waals surface area (Å²) in [5, 5.41) is 9.47. The van der Waals surface area contributed by atoms with Crippen molar-refractivity contribution in [2.45, 2.75) is 11.0 Å². The lowest BCUT2D eigenvalue weighted by molar-refractivity contribution is 0.0553. The summed E-state index contributed by atoms with van der Waals surface area (Å²) >= 11 is 0. The molecule has 0 bridgehead atoms. The molecule has 0 radical (unpaired) electrons. The summed E-state index contributed by atoms with van der Waals surface area (Å²) in [7, 11) is -1.99. The Bertz CT molecular complexity index is 557. The van der Waals surface area contributed by atoms with Crippen LogP contribution >= 0.6 is 0 Å². The first-order chi connectivity index (χ1) is 9.20. The van der Waals surface area contributed by atoms with Crippen LogP contribution in [-0.2, 0) is 14.8 Å². The van der Waals surface area contributed by atoms with Gasteiger partial charge in [-0.1, -0.05) is 0 Å². The largest absolute Gasteiger partial charge is 0.399 e. The van der Waals surface area contributed by atoms with Gasteiger partial charge < -0.3 is 15.6 Å². The number of sulfonamides is 1. The molecule has 1 atom stereocenters. The van der Waals surface area contributed by atoms with E-state index in [4.69, 9.17) is 5.73 Å². The van der Waals surface area contributed by atoms with Gasteiger partial charge in [0, 0.05) is 26.4 Å². The standard InChI is InChI=1S/C11H16F2N2O4S/c1-15(5-8(16)6-19-2)20(17,18)11-9(12)3-7(14)4-10(11)13/h3-4,8,16H,5-6,14H2,1-2H3. The fraction of sp³-hybridized carbons (Fsp3) is 0.455. The third-order valence-corrected chi connectivity index (χ3v) is 4.39. The number of hydrogen-bond acceptors (Lipinski definition) is 5. The van der Waals surface area contributed by atoms with Gasteiger partial charge in [-0.25, -0.2) is 17.2 Å². The van der Waals surface area contributed by atoms with Crippen molar-refractivity contribution in [1.82, 2.24) is 4.31 Å². The van der Waals surface area contributed by atoms with Gasteiger partial charge in [-0.15, -0.1) is 0 Å².